The molecular weight excluding hydrogens is 422 g/mol. The number of thiophene rings is 2. The maximum atomic E-state index is 13.3. The second-order valence-electron chi connectivity index (χ2n) is 6.57. The van der Waals surface area contributed by atoms with Gasteiger partial charge in [0, 0.05) is 10.4 Å². The minimum atomic E-state index is -0.806. The number of hydrogen-bond donors (Lipinski definition) is 1. The molecule has 0 aliphatic carbocycles. The highest BCUT2D eigenvalue weighted by molar-refractivity contribution is 7.12. The zero-order chi connectivity index (χ0) is 21.3. The van der Waals surface area contributed by atoms with Crippen LogP contribution in [0.3, 0.4) is 0 Å². The summed E-state index contributed by atoms with van der Waals surface area (Å²) in [7, 11) is 3.03. The Bertz CT molecular complexity index is 1100. The van der Waals surface area contributed by atoms with E-state index in [1.165, 1.54) is 41.8 Å². The van der Waals surface area contributed by atoms with E-state index in [0.29, 0.717) is 21.9 Å². The fourth-order valence-corrected chi connectivity index (χ4v) is 4.99. The third-order valence-corrected chi connectivity index (χ3v) is 6.66. The highest BCUT2D eigenvalue weighted by Crippen LogP contribution is 2.46. The maximum absolute atomic E-state index is 13.3. The molecule has 2 aromatic heterocycles. The molecule has 0 saturated carbocycles. The van der Waals surface area contributed by atoms with Gasteiger partial charge >= 0.3 is 0 Å². The molecule has 1 unspecified atom stereocenters. The quantitative estimate of drug-likeness (QED) is 0.542. The number of methoxy groups -OCH3 is 2. The van der Waals surface area contributed by atoms with Crippen LogP contribution in [0, 0.1) is 0 Å². The molecular formula is C22H19NO5S2. The summed E-state index contributed by atoms with van der Waals surface area (Å²) in [6, 6.07) is 11.7. The smallest absolute Gasteiger partial charge is 0.290 e. The number of nitrogens with zero attached hydrogens (tertiary/aromatic N) is 1. The lowest BCUT2D eigenvalue weighted by atomic mass is 9.94. The highest BCUT2D eigenvalue weighted by Gasteiger charge is 2.45. The van der Waals surface area contributed by atoms with Gasteiger partial charge in [0.1, 0.15) is 0 Å². The van der Waals surface area contributed by atoms with Crippen molar-refractivity contribution in [2.24, 2.45) is 0 Å². The molecule has 154 valence electrons. The van der Waals surface area contributed by atoms with Crippen LogP contribution in [0.5, 0.6) is 11.5 Å². The minimum absolute atomic E-state index is 0.0468. The molecule has 0 spiro atoms. The zero-order valence-corrected chi connectivity index (χ0v) is 18.0. The van der Waals surface area contributed by atoms with E-state index >= 15 is 0 Å². The molecule has 3 heterocycles. The summed E-state index contributed by atoms with van der Waals surface area (Å²) >= 11 is 2.77. The van der Waals surface area contributed by atoms with Crippen molar-refractivity contribution in [1.29, 1.82) is 0 Å². The number of carbonyl (C=O) groups is 2. The molecule has 4 rings (SSSR count). The van der Waals surface area contributed by atoms with E-state index in [0.717, 1.165) is 4.88 Å². The number of amides is 1. The predicted octanol–water partition coefficient (Wildman–Crippen LogP) is 4.61. The molecule has 1 aliphatic heterocycles. The zero-order valence-electron chi connectivity index (χ0n) is 16.3. The molecule has 8 heteroatoms. The monoisotopic (exact) mass is 441 g/mol. The van der Waals surface area contributed by atoms with Crippen LogP contribution in [-0.4, -0.2) is 35.9 Å². The second kappa shape index (κ2) is 8.33. The number of ketones is 1. The summed E-state index contributed by atoms with van der Waals surface area (Å²) < 4.78 is 11.0. The molecule has 1 aliphatic rings. The van der Waals surface area contributed by atoms with Gasteiger partial charge in [-0.1, -0.05) is 24.3 Å². The molecule has 1 N–H and O–H groups in total. The van der Waals surface area contributed by atoms with Crippen molar-refractivity contribution in [2.75, 3.05) is 14.2 Å². The number of Topliss-reactive ketones (excluding diaryl/α,β-unsaturated/α-hetero) is 1. The van der Waals surface area contributed by atoms with Gasteiger partial charge in [0.25, 0.3) is 5.91 Å². The third kappa shape index (κ3) is 3.38. The van der Waals surface area contributed by atoms with Crippen LogP contribution in [0.4, 0.5) is 0 Å². The fraction of sp³-hybridized carbons (Fsp3) is 0.182. The number of hydrogen-bond acceptors (Lipinski definition) is 7. The second-order valence-corrected chi connectivity index (χ2v) is 8.55. The lowest BCUT2D eigenvalue weighted by molar-refractivity contribution is -0.130. The van der Waals surface area contributed by atoms with Crippen molar-refractivity contribution >= 4 is 34.4 Å². The number of aliphatic hydroxyl groups is 1. The van der Waals surface area contributed by atoms with Gasteiger partial charge in [0.2, 0.25) is 5.78 Å². The number of para-hydroxylation sites is 1. The molecule has 1 atom stereocenters. The third-order valence-electron chi connectivity index (χ3n) is 4.93. The van der Waals surface area contributed by atoms with Gasteiger partial charge in [-0.05, 0) is 29.0 Å². The summed E-state index contributed by atoms with van der Waals surface area (Å²) in [5.41, 5.74) is 0.622. The van der Waals surface area contributed by atoms with E-state index in [4.69, 9.17) is 9.47 Å². The van der Waals surface area contributed by atoms with E-state index in [1.54, 1.807) is 35.7 Å². The minimum Gasteiger partial charge on any atom is -0.503 e. The van der Waals surface area contributed by atoms with Crippen LogP contribution < -0.4 is 9.47 Å². The first-order chi connectivity index (χ1) is 14.6. The Balaban J connectivity index is 1.88. The first-order valence-electron chi connectivity index (χ1n) is 9.12. The standard InChI is InChI=1S/C22H19NO5S2/c1-27-15-8-3-7-14(21(15)28-2)18-17(19(24)16-9-5-11-30-16)20(25)22(26)23(18)12-13-6-4-10-29-13/h3-11,18,25H,12H2,1-2H3. The molecule has 6 nitrogen and oxygen atoms in total. The SMILES string of the molecule is COc1cccc(C2C(C(=O)c3cccs3)=C(O)C(=O)N2Cc2cccs2)c1OC. The summed E-state index contributed by atoms with van der Waals surface area (Å²) in [5, 5.41) is 14.5. The Morgan fingerprint density at radius 3 is 2.47 bits per heavy atom. The molecule has 0 saturated heterocycles. The Labute approximate surface area is 181 Å². The number of ether oxygens (including phenoxy) is 2. The predicted molar refractivity (Wildman–Crippen MR) is 115 cm³/mol. The Hall–Kier alpha value is -3.10. The van der Waals surface area contributed by atoms with Crippen molar-refractivity contribution < 1.29 is 24.2 Å². The average molecular weight is 442 g/mol. The maximum Gasteiger partial charge on any atom is 0.290 e. The Morgan fingerprint density at radius 2 is 1.83 bits per heavy atom. The van der Waals surface area contributed by atoms with Gasteiger partial charge in [-0.2, -0.15) is 0 Å². The van der Waals surface area contributed by atoms with Gasteiger partial charge in [0.15, 0.2) is 17.3 Å². The molecule has 0 radical (unpaired) electrons. The van der Waals surface area contributed by atoms with Crippen molar-refractivity contribution in [2.45, 2.75) is 12.6 Å². The summed E-state index contributed by atoms with van der Waals surface area (Å²) in [5.74, 6) is -0.592. The number of rotatable bonds is 7. The topological polar surface area (TPSA) is 76.1 Å². The van der Waals surface area contributed by atoms with Crippen LogP contribution in [0.2, 0.25) is 0 Å². The van der Waals surface area contributed by atoms with Gasteiger partial charge in [-0.15, -0.1) is 22.7 Å². The molecule has 3 aromatic rings. The molecule has 0 bridgehead atoms. The van der Waals surface area contributed by atoms with E-state index in [2.05, 4.69) is 0 Å². The summed E-state index contributed by atoms with van der Waals surface area (Å²) in [6.07, 6.45) is 0. The van der Waals surface area contributed by atoms with Gasteiger partial charge in [-0.25, -0.2) is 0 Å². The van der Waals surface area contributed by atoms with Gasteiger partial charge < -0.3 is 19.5 Å². The van der Waals surface area contributed by atoms with E-state index in [-0.39, 0.29) is 17.9 Å². The largest absolute Gasteiger partial charge is 0.503 e. The average Bonchev–Trinajstić information content (AvgIpc) is 3.51. The summed E-state index contributed by atoms with van der Waals surface area (Å²) in [4.78, 5) is 29.2. The van der Waals surface area contributed by atoms with Crippen LogP contribution in [0.1, 0.15) is 26.2 Å². The van der Waals surface area contributed by atoms with Gasteiger partial charge in [0.05, 0.1) is 37.3 Å². The lowest BCUT2D eigenvalue weighted by Crippen LogP contribution is -2.30. The Morgan fingerprint density at radius 1 is 1.07 bits per heavy atom. The lowest BCUT2D eigenvalue weighted by Gasteiger charge is -2.28. The Kier molecular flexibility index (Phi) is 5.61. The first kappa shape index (κ1) is 20.2. The van der Waals surface area contributed by atoms with Crippen molar-refractivity contribution in [3.8, 4) is 11.5 Å². The number of carbonyl (C=O) groups excluding carboxylic acids is 2. The molecule has 30 heavy (non-hydrogen) atoms. The van der Waals surface area contributed by atoms with Crippen LogP contribution in [0.15, 0.2) is 64.6 Å². The molecule has 1 aromatic carbocycles. The first-order valence-corrected chi connectivity index (χ1v) is 10.9. The van der Waals surface area contributed by atoms with Crippen molar-refractivity contribution in [1.82, 2.24) is 4.90 Å². The van der Waals surface area contributed by atoms with Crippen molar-refractivity contribution in [3.63, 3.8) is 0 Å². The summed E-state index contributed by atoms with van der Waals surface area (Å²) in [6.45, 7) is 0.257. The highest BCUT2D eigenvalue weighted by atomic mass is 32.1. The van der Waals surface area contributed by atoms with Crippen LogP contribution >= 0.6 is 22.7 Å². The van der Waals surface area contributed by atoms with Crippen molar-refractivity contribution in [3.05, 3.63) is 79.9 Å². The van der Waals surface area contributed by atoms with E-state index in [1.807, 2.05) is 17.5 Å². The fourth-order valence-electron chi connectivity index (χ4n) is 3.61. The van der Waals surface area contributed by atoms with E-state index < -0.39 is 17.7 Å². The van der Waals surface area contributed by atoms with Crippen LogP contribution in [-0.2, 0) is 11.3 Å². The molecule has 0 fully saturated rings. The number of aliphatic hydroxyl groups excluding tert-OH is 1. The van der Waals surface area contributed by atoms with Gasteiger partial charge in [-0.3, -0.25) is 9.59 Å². The molecule has 1 amide bonds. The van der Waals surface area contributed by atoms with E-state index in [9.17, 15) is 14.7 Å². The number of benzene rings is 1. The van der Waals surface area contributed by atoms with Crippen LogP contribution in [0.25, 0.3) is 0 Å². The normalized spacial score (nSPS) is 16.3.